The van der Waals surface area contributed by atoms with Crippen molar-refractivity contribution in [2.45, 2.75) is 64.5 Å². The van der Waals surface area contributed by atoms with Gasteiger partial charge in [0, 0.05) is 24.3 Å². The first kappa shape index (κ1) is 15.5. The summed E-state index contributed by atoms with van der Waals surface area (Å²) in [5, 5.41) is 0. The minimum Gasteiger partial charge on any atom is -0.325 e. The molecule has 3 nitrogen and oxygen atoms in total. The third-order valence-electron chi connectivity index (χ3n) is 4.55. The molecule has 0 aliphatic heterocycles. The van der Waals surface area contributed by atoms with E-state index in [2.05, 4.69) is 41.9 Å². The Kier molecular flexibility index (Phi) is 5.55. The van der Waals surface area contributed by atoms with Gasteiger partial charge in [-0.3, -0.25) is 9.88 Å². The van der Waals surface area contributed by atoms with Crippen molar-refractivity contribution in [3.8, 4) is 0 Å². The zero-order valence-electron chi connectivity index (χ0n) is 13.1. The van der Waals surface area contributed by atoms with Crippen LogP contribution in [0.4, 0.5) is 0 Å². The minimum absolute atomic E-state index is 0.0890. The highest BCUT2D eigenvalue weighted by Gasteiger charge is 2.27. The minimum atomic E-state index is 0.0890. The highest BCUT2D eigenvalue weighted by molar-refractivity contribution is 5.09. The fourth-order valence-electron chi connectivity index (χ4n) is 3.15. The molecule has 2 rings (SSSR count). The maximum Gasteiger partial charge on any atom is 0.0547 e. The molecule has 112 valence electrons. The van der Waals surface area contributed by atoms with Crippen molar-refractivity contribution in [3.05, 3.63) is 29.6 Å². The van der Waals surface area contributed by atoms with Crippen LogP contribution >= 0.6 is 0 Å². The van der Waals surface area contributed by atoms with Crippen LogP contribution in [0.1, 0.15) is 56.8 Å². The van der Waals surface area contributed by atoms with Gasteiger partial charge in [-0.05, 0) is 44.9 Å². The van der Waals surface area contributed by atoms with E-state index in [0.717, 1.165) is 31.7 Å². The van der Waals surface area contributed by atoms with Gasteiger partial charge in [-0.1, -0.05) is 32.3 Å². The molecule has 3 heteroatoms. The van der Waals surface area contributed by atoms with Gasteiger partial charge in [0.25, 0.3) is 0 Å². The lowest BCUT2D eigenvalue weighted by molar-refractivity contribution is 0.207. The summed E-state index contributed by atoms with van der Waals surface area (Å²) in [6.07, 6.45) is 7.50. The van der Waals surface area contributed by atoms with Crippen molar-refractivity contribution in [1.29, 1.82) is 0 Å². The second kappa shape index (κ2) is 7.19. The Labute approximate surface area is 123 Å². The molecule has 0 atom stereocenters. The number of hydrogen-bond donors (Lipinski definition) is 1. The Morgan fingerprint density at radius 2 is 2.00 bits per heavy atom. The fourth-order valence-corrected chi connectivity index (χ4v) is 3.15. The maximum absolute atomic E-state index is 6.54. The summed E-state index contributed by atoms with van der Waals surface area (Å²) in [4.78, 5) is 7.06. The number of hydrogen-bond acceptors (Lipinski definition) is 3. The zero-order chi connectivity index (χ0) is 14.4. The van der Waals surface area contributed by atoms with Gasteiger partial charge in [0.2, 0.25) is 0 Å². The summed E-state index contributed by atoms with van der Waals surface area (Å²) in [5.74, 6) is 0. The summed E-state index contributed by atoms with van der Waals surface area (Å²) in [6.45, 7) is 7.36. The van der Waals surface area contributed by atoms with Crippen LogP contribution in [0.3, 0.4) is 0 Å². The lowest BCUT2D eigenvalue weighted by atomic mass is 9.80. The first-order valence-electron chi connectivity index (χ1n) is 8.05. The molecule has 1 aromatic heterocycles. The highest BCUT2D eigenvalue weighted by atomic mass is 15.1. The van der Waals surface area contributed by atoms with Crippen LogP contribution in [0, 0.1) is 6.92 Å². The molecule has 20 heavy (non-hydrogen) atoms. The molecule has 1 aliphatic carbocycles. The summed E-state index contributed by atoms with van der Waals surface area (Å²) < 4.78 is 0. The normalized spacial score (nSPS) is 18.4. The molecule has 0 amide bonds. The molecule has 1 heterocycles. The second-order valence-electron chi connectivity index (χ2n) is 6.31. The van der Waals surface area contributed by atoms with Crippen LogP contribution in [-0.2, 0) is 6.54 Å². The number of pyridine rings is 1. The van der Waals surface area contributed by atoms with Crippen LogP contribution in [0.5, 0.6) is 0 Å². The molecule has 0 saturated heterocycles. The first-order chi connectivity index (χ1) is 9.61. The standard InChI is InChI=1S/C17H29N3/c1-3-20(14-16-9-7-8-15(2)19-16)13-12-17(18)10-5-4-6-11-17/h7-9H,3-6,10-14,18H2,1-2H3. The van der Waals surface area contributed by atoms with Gasteiger partial charge < -0.3 is 5.73 Å². The third-order valence-corrected chi connectivity index (χ3v) is 4.55. The van der Waals surface area contributed by atoms with Crippen LogP contribution < -0.4 is 5.73 Å². The van der Waals surface area contributed by atoms with Crippen molar-refractivity contribution in [2.75, 3.05) is 13.1 Å². The Hall–Kier alpha value is -0.930. The second-order valence-corrected chi connectivity index (χ2v) is 6.31. The first-order valence-corrected chi connectivity index (χ1v) is 8.05. The average molecular weight is 275 g/mol. The Morgan fingerprint density at radius 3 is 2.65 bits per heavy atom. The van der Waals surface area contributed by atoms with Gasteiger partial charge in [-0.25, -0.2) is 0 Å². The topological polar surface area (TPSA) is 42.1 Å². The molecule has 0 radical (unpaired) electrons. The number of nitrogens with zero attached hydrogens (tertiary/aromatic N) is 2. The summed E-state index contributed by atoms with van der Waals surface area (Å²) in [5.41, 5.74) is 8.89. The smallest absolute Gasteiger partial charge is 0.0547 e. The van der Waals surface area contributed by atoms with Gasteiger partial charge in [0.15, 0.2) is 0 Å². The van der Waals surface area contributed by atoms with E-state index in [4.69, 9.17) is 5.73 Å². The van der Waals surface area contributed by atoms with E-state index in [0.29, 0.717) is 0 Å². The SMILES string of the molecule is CCN(CCC1(N)CCCCC1)Cc1cccc(C)n1. The number of aryl methyl sites for hydroxylation is 1. The van der Waals surface area contributed by atoms with E-state index in [9.17, 15) is 0 Å². The van der Waals surface area contributed by atoms with Crippen LogP contribution in [0.15, 0.2) is 18.2 Å². The van der Waals surface area contributed by atoms with Crippen molar-refractivity contribution in [3.63, 3.8) is 0 Å². The van der Waals surface area contributed by atoms with Gasteiger partial charge in [0.05, 0.1) is 5.69 Å². The maximum atomic E-state index is 6.54. The summed E-state index contributed by atoms with van der Waals surface area (Å²) in [6, 6.07) is 6.27. The van der Waals surface area contributed by atoms with Crippen LogP contribution in [0.2, 0.25) is 0 Å². The molecule has 0 aromatic carbocycles. The zero-order valence-corrected chi connectivity index (χ0v) is 13.1. The predicted molar refractivity (Wildman–Crippen MR) is 84.5 cm³/mol. The average Bonchev–Trinajstić information content (AvgIpc) is 2.44. The van der Waals surface area contributed by atoms with Gasteiger partial charge in [-0.15, -0.1) is 0 Å². The molecule has 2 N–H and O–H groups in total. The highest BCUT2D eigenvalue weighted by Crippen LogP contribution is 2.28. The Bertz CT molecular complexity index is 410. The predicted octanol–water partition coefficient (Wildman–Crippen LogP) is 3.26. The summed E-state index contributed by atoms with van der Waals surface area (Å²) in [7, 11) is 0. The van der Waals surface area contributed by atoms with Crippen LogP contribution in [-0.4, -0.2) is 28.5 Å². The van der Waals surface area contributed by atoms with Gasteiger partial charge >= 0.3 is 0 Å². The number of nitrogens with two attached hydrogens (primary N) is 1. The van der Waals surface area contributed by atoms with E-state index in [1.165, 1.54) is 37.8 Å². The lowest BCUT2D eigenvalue weighted by Crippen LogP contribution is -2.44. The van der Waals surface area contributed by atoms with Crippen molar-refractivity contribution >= 4 is 0 Å². The molecule has 1 aromatic rings. The largest absolute Gasteiger partial charge is 0.325 e. The van der Waals surface area contributed by atoms with E-state index in [1.807, 2.05) is 0 Å². The molecule has 1 saturated carbocycles. The Balaban J connectivity index is 1.85. The van der Waals surface area contributed by atoms with E-state index < -0.39 is 0 Å². The van der Waals surface area contributed by atoms with Crippen molar-refractivity contribution in [1.82, 2.24) is 9.88 Å². The molecule has 0 bridgehead atoms. The lowest BCUT2D eigenvalue weighted by Gasteiger charge is -2.35. The van der Waals surface area contributed by atoms with Crippen LogP contribution in [0.25, 0.3) is 0 Å². The van der Waals surface area contributed by atoms with Gasteiger partial charge in [-0.2, -0.15) is 0 Å². The van der Waals surface area contributed by atoms with Crippen molar-refractivity contribution < 1.29 is 0 Å². The van der Waals surface area contributed by atoms with Gasteiger partial charge in [0.1, 0.15) is 0 Å². The van der Waals surface area contributed by atoms with E-state index >= 15 is 0 Å². The molecule has 1 fully saturated rings. The number of aromatic nitrogens is 1. The summed E-state index contributed by atoms with van der Waals surface area (Å²) >= 11 is 0. The quantitative estimate of drug-likeness (QED) is 0.866. The van der Waals surface area contributed by atoms with E-state index in [-0.39, 0.29) is 5.54 Å². The molecule has 0 spiro atoms. The Morgan fingerprint density at radius 1 is 1.25 bits per heavy atom. The fraction of sp³-hybridized carbons (Fsp3) is 0.706. The van der Waals surface area contributed by atoms with E-state index in [1.54, 1.807) is 0 Å². The monoisotopic (exact) mass is 275 g/mol. The molecular formula is C17H29N3. The molecule has 1 aliphatic rings. The number of rotatable bonds is 6. The molecular weight excluding hydrogens is 246 g/mol. The molecule has 0 unspecified atom stereocenters. The van der Waals surface area contributed by atoms with Crippen molar-refractivity contribution in [2.24, 2.45) is 5.73 Å². The third kappa shape index (κ3) is 4.57.